The number of nitriles is 2. The van der Waals surface area contributed by atoms with Gasteiger partial charge in [-0.1, -0.05) is 87.5 Å². The minimum atomic E-state index is -0.249. The normalized spacial score (nSPS) is 11.8. The van der Waals surface area contributed by atoms with E-state index in [1.165, 1.54) is 21.8 Å². The maximum absolute atomic E-state index is 9.95. The summed E-state index contributed by atoms with van der Waals surface area (Å²) in [6.45, 7) is 6.45. The van der Waals surface area contributed by atoms with Gasteiger partial charge in [0.2, 0.25) is 0 Å². The molecule has 8 aromatic rings. The Labute approximate surface area is 267 Å². The third-order valence-corrected chi connectivity index (χ3v) is 9.12. The number of para-hydroxylation sites is 3. The van der Waals surface area contributed by atoms with Crippen molar-refractivity contribution in [3.63, 3.8) is 0 Å². The average Bonchev–Trinajstić information content (AvgIpc) is 3.59. The van der Waals surface area contributed by atoms with Crippen molar-refractivity contribution >= 4 is 43.6 Å². The number of nitrogens with zero attached hydrogens (tertiary/aromatic N) is 4. The number of aromatic nitrogens is 2. The monoisotopic (exact) mass is 590 g/mol. The van der Waals surface area contributed by atoms with Crippen LogP contribution in [0.4, 0.5) is 0 Å². The number of benzene rings is 6. The van der Waals surface area contributed by atoms with Crippen LogP contribution < -0.4 is 0 Å². The number of rotatable bonds is 3. The molecular formula is C42H30N4. The highest BCUT2D eigenvalue weighted by Crippen LogP contribution is 2.40. The quantitative estimate of drug-likeness (QED) is 0.205. The third-order valence-electron chi connectivity index (χ3n) is 9.12. The Morgan fingerprint density at radius 2 is 0.957 bits per heavy atom. The van der Waals surface area contributed by atoms with E-state index in [0.29, 0.717) is 11.1 Å². The van der Waals surface area contributed by atoms with Crippen molar-refractivity contribution in [3.05, 3.63) is 144 Å². The van der Waals surface area contributed by atoms with Crippen LogP contribution in [0, 0.1) is 22.7 Å². The first kappa shape index (κ1) is 27.4. The second-order valence-corrected chi connectivity index (χ2v) is 12.9. The predicted octanol–water partition coefficient (Wildman–Crippen LogP) is 10.6. The van der Waals surface area contributed by atoms with E-state index >= 15 is 0 Å². The fourth-order valence-corrected chi connectivity index (χ4v) is 6.98. The van der Waals surface area contributed by atoms with E-state index in [0.717, 1.165) is 49.9 Å². The van der Waals surface area contributed by atoms with E-state index in [4.69, 9.17) is 0 Å². The lowest BCUT2D eigenvalue weighted by atomic mass is 9.83. The molecule has 2 aromatic heterocycles. The molecule has 0 bridgehead atoms. The molecule has 0 saturated heterocycles. The van der Waals surface area contributed by atoms with Crippen LogP contribution in [0.5, 0.6) is 0 Å². The number of fused-ring (bicyclic) bond motifs is 6. The predicted molar refractivity (Wildman–Crippen MR) is 189 cm³/mol. The molecule has 0 atom stereocenters. The molecule has 0 aliphatic heterocycles. The van der Waals surface area contributed by atoms with Crippen LogP contribution in [0.1, 0.15) is 37.5 Å². The summed E-state index contributed by atoms with van der Waals surface area (Å²) in [4.78, 5) is 0. The topological polar surface area (TPSA) is 57.4 Å². The molecule has 218 valence electrons. The van der Waals surface area contributed by atoms with Crippen LogP contribution in [0.15, 0.2) is 127 Å². The standard InChI is InChI=1S/C42H30N4/c1-42(2,3)36-23-29(25-43)30(26-44)24-41(36)46-38-16-10-8-14-33(38)35-22-28(18-20-40(35)46)27-17-19-39-34(21-27)32-13-7-9-15-37(32)45(39)31-11-5-4-6-12-31/h4-24H,1-3H3. The lowest BCUT2D eigenvalue weighted by Crippen LogP contribution is -2.16. The molecule has 0 N–H and O–H groups in total. The number of hydrogen-bond acceptors (Lipinski definition) is 2. The average molecular weight is 591 g/mol. The molecule has 0 fully saturated rings. The molecular weight excluding hydrogens is 560 g/mol. The Bertz CT molecular complexity index is 2580. The van der Waals surface area contributed by atoms with Crippen LogP contribution in [0.2, 0.25) is 0 Å². The summed E-state index contributed by atoms with van der Waals surface area (Å²) in [5, 5.41) is 24.5. The maximum atomic E-state index is 9.95. The Balaban J connectivity index is 1.37. The molecule has 4 nitrogen and oxygen atoms in total. The van der Waals surface area contributed by atoms with Crippen molar-refractivity contribution < 1.29 is 0 Å². The van der Waals surface area contributed by atoms with Crippen molar-refractivity contribution in [3.8, 4) is 34.6 Å². The zero-order chi connectivity index (χ0) is 31.6. The van der Waals surface area contributed by atoms with Gasteiger partial charge in [-0.2, -0.15) is 10.5 Å². The van der Waals surface area contributed by atoms with Gasteiger partial charge in [0.05, 0.1) is 38.9 Å². The van der Waals surface area contributed by atoms with Gasteiger partial charge in [0.15, 0.2) is 0 Å². The first-order valence-corrected chi connectivity index (χ1v) is 15.5. The van der Waals surface area contributed by atoms with E-state index in [9.17, 15) is 10.5 Å². The van der Waals surface area contributed by atoms with Crippen LogP contribution in [-0.4, -0.2) is 9.13 Å². The molecule has 0 saturated carbocycles. The van der Waals surface area contributed by atoms with Crippen LogP contribution in [0.3, 0.4) is 0 Å². The van der Waals surface area contributed by atoms with Gasteiger partial charge >= 0.3 is 0 Å². The van der Waals surface area contributed by atoms with Crippen molar-refractivity contribution in [2.45, 2.75) is 26.2 Å². The van der Waals surface area contributed by atoms with Crippen LogP contribution >= 0.6 is 0 Å². The first-order chi connectivity index (χ1) is 22.4. The van der Waals surface area contributed by atoms with E-state index in [1.807, 2.05) is 12.1 Å². The highest BCUT2D eigenvalue weighted by atomic mass is 15.0. The molecule has 0 radical (unpaired) electrons. The zero-order valence-electron chi connectivity index (χ0n) is 25.9. The van der Waals surface area contributed by atoms with Gasteiger partial charge < -0.3 is 9.13 Å². The summed E-state index contributed by atoms with van der Waals surface area (Å²) in [6, 6.07) is 49.3. The summed E-state index contributed by atoms with van der Waals surface area (Å²) in [6.07, 6.45) is 0. The summed E-state index contributed by atoms with van der Waals surface area (Å²) < 4.78 is 4.60. The second kappa shape index (κ2) is 10.2. The second-order valence-electron chi connectivity index (χ2n) is 12.9. The van der Waals surface area contributed by atoms with Gasteiger partial charge in [-0.15, -0.1) is 0 Å². The van der Waals surface area contributed by atoms with E-state index < -0.39 is 0 Å². The highest BCUT2D eigenvalue weighted by molar-refractivity contribution is 6.12. The molecule has 4 heteroatoms. The minimum absolute atomic E-state index is 0.249. The lowest BCUT2D eigenvalue weighted by Gasteiger charge is -2.25. The first-order valence-electron chi connectivity index (χ1n) is 15.5. The Hall–Kier alpha value is -6.10. The summed E-state index contributed by atoms with van der Waals surface area (Å²) in [7, 11) is 0. The van der Waals surface area contributed by atoms with Gasteiger partial charge in [0.1, 0.15) is 12.1 Å². The molecule has 0 amide bonds. The number of hydrogen-bond donors (Lipinski definition) is 0. The molecule has 6 aromatic carbocycles. The van der Waals surface area contributed by atoms with Gasteiger partial charge in [-0.25, -0.2) is 0 Å². The smallest absolute Gasteiger partial charge is 0.101 e. The van der Waals surface area contributed by atoms with Gasteiger partial charge in [-0.05, 0) is 82.8 Å². The van der Waals surface area contributed by atoms with E-state index in [1.54, 1.807) is 0 Å². The van der Waals surface area contributed by atoms with Gasteiger partial charge in [0.25, 0.3) is 0 Å². The van der Waals surface area contributed by atoms with Crippen molar-refractivity contribution in [2.24, 2.45) is 0 Å². The summed E-state index contributed by atoms with van der Waals surface area (Å²) in [5.74, 6) is 0. The summed E-state index contributed by atoms with van der Waals surface area (Å²) in [5.41, 5.74) is 10.4. The molecule has 0 unspecified atom stereocenters. The van der Waals surface area contributed by atoms with Gasteiger partial charge in [-0.3, -0.25) is 0 Å². The van der Waals surface area contributed by atoms with Crippen molar-refractivity contribution in [2.75, 3.05) is 0 Å². The van der Waals surface area contributed by atoms with E-state index in [-0.39, 0.29) is 5.41 Å². The van der Waals surface area contributed by atoms with Crippen LogP contribution in [0.25, 0.3) is 66.1 Å². The molecule has 0 spiro atoms. The maximum Gasteiger partial charge on any atom is 0.101 e. The SMILES string of the molecule is CC(C)(C)c1cc(C#N)c(C#N)cc1-n1c2ccccc2c2cc(-c3ccc4c(c3)c3ccccc3n4-c3ccccc3)ccc21. The highest BCUT2D eigenvalue weighted by Gasteiger charge is 2.24. The Morgan fingerprint density at radius 1 is 0.478 bits per heavy atom. The van der Waals surface area contributed by atoms with Crippen LogP contribution in [-0.2, 0) is 5.41 Å². The summed E-state index contributed by atoms with van der Waals surface area (Å²) >= 11 is 0. The molecule has 0 aliphatic carbocycles. The van der Waals surface area contributed by atoms with E-state index in [2.05, 4.69) is 157 Å². The minimum Gasteiger partial charge on any atom is -0.309 e. The third kappa shape index (κ3) is 4.12. The lowest BCUT2D eigenvalue weighted by molar-refractivity contribution is 0.587. The molecule has 2 heterocycles. The van der Waals surface area contributed by atoms with Crippen molar-refractivity contribution in [1.82, 2.24) is 9.13 Å². The zero-order valence-corrected chi connectivity index (χ0v) is 25.9. The fourth-order valence-electron chi connectivity index (χ4n) is 6.98. The largest absolute Gasteiger partial charge is 0.309 e. The Kier molecular flexibility index (Phi) is 6.11. The molecule has 8 rings (SSSR count). The van der Waals surface area contributed by atoms with Crippen molar-refractivity contribution in [1.29, 1.82) is 10.5 Å². The van der Waals surface area contributed by atoms with Gasteiger partial charge in [0, 0.05) is 27.2 Å². The fraction of sp³-hybridized carbons (Fsp3) is 0.0952. The Morgan fingerprint density at radius 3 is 1.52 bits per heavy atom. The molecule has 46 heavy (non-hydrogen) atoms. The molecule has 0 aliphatic rings.